The van der Waals surface area contributed by atoms with Gasteiger partial charge in [0.15, 0.2) is 0 Å². The molecular weight excluding hydrogens is 238 g/mol. The summed E-state index contributed by atoms with van der Waals surface area (Å²) in [6, 6.07) is 5.64. The fraction of sp³-hybridized carbons (Fsp3) is 0.250. The van der Waals surface area contributed by atoms with E-state index in [1.807, 2.05) is 18.2 Å². The third-order valence-electron chi connectivity index (χ3n) is 2.57. The predicted molar refractivity (Wildman–Crippen MR) is 68.3 cm³/mol. The maximum atomic E-state index is 6.09. The molecule has 0 aliphatic carbocycles. The second-order valence-electron chi connectivity index (χ2n) is 3.66. The molecule has 0 aliphatic heterocycles. The fourth-order valence-corrected chi connectivity index (χ4v) is 1.99. The average Bonchev–Trinajstić information content (AvgIpc) is 2.78. The van der Waals surface area contributed by atoms with Gasteiger partial charge in [0.2, 0.25) is 0 Å². The van der Waals surface area contributed by atoms with Gasteiger partial charge >= 0.3 is 0 Å². The molecule has 90 valence electrons. The highest BCUT2D eigenvalue weighted by molar-refractivity contribution is 6.32. The second kappa shape index (κ2) is 5.21. The van der Waals surface area contributed by atoms with Gasteiger partial charge in [-0.05, 0) is 36.7 Å². The summed E-state index contributed by atoms with van der Waals surface area (Å²) in [7, 11) is 1.59. The number of hydrogen-bond donors (Lipinski definition) is 2. The molecule has 17 heavy (non-hydrogen) atoms. The number of aromatic amines is 1. The van der Waals surface area contributed by atoms with Gasteiger partial charge < -0.3 is 10.5 Å². The third kappa shape index (κ3) is 2.43. The lowest BCUT2D eigenvalue weighted by Gasteiger charge is -2.06. The van der Waals surface area contributed by atoms with E-state index in [1.54, 1.807) is 13.3 Å². The number of benzene rings is 1. The van der Waals surface area contributed by atoms with Crippen LogP contribution in [0, 0.1) is 0 Å². The highest BCUT2D eigenvalue weighted by Gasteiger charge is 2.09. The zero-order chi connectivity index (χ0) is 12.3. The zero-order valence-electron chi connectivity index (χ0n) is 9.53. The topological polar surface area (TPSA) is 63.9 Å². The molecule has 0 amide bonds. The molecule has 5 heteroatoms. The molecule has 4 nitrogen and oxygen atoms in total. The molecule has 0 atom stereocenters. The minimum absolute atomic E-state index is 0.582. The molecular formula is C12H14ClN3O. The van der Waals surface area contributed by atoms with Crippen LogP contribution in [0.25, 0.3) is 11.3 Å². The van der Waals surface area contributed by atoms with Gasteiger partial charge in [-0.2, -0.15) is 5.10 Å². The minimum Gasteiger partial charge on any atom is -0.495 e. The molecule has 3 N–H and O–H groups in total. The van der Waals surface area contributed by atoms with E-state index in [0.29, 0.717) is 17.3 Å². The first-order valence-electron chi connectivity index (χ1n) is 5.32. The van der Waals surface area contributed by atoms with Crippen LogP contribution in [-0.2, 0) is 6.42 Å². The highest BCUT2D eigenvalue weighted by Crippen LogP contribution is 2.30. The molecule has 1 heterocycles. The van der Waals surface area contributed by atoms with Crippen LogP contribution in [0.15, 0.2) is 24.4 Å². The number of rotatable bonds is 4. The van der Waals surface area contributed by atoms with Crippen molar-refractivity contribution in [3.63, 3.8) is 0 Å². The van der Waals surface area contributed by atoms with Crippen LogP contribution < -0.4 is 10.5 Å². The number of ether oxygens (including phenoxy) is 1. The van der Waals surface area contributed by atoms with Crippen LogP contribution in [0.2, 0.25) is 5.02 Å². The molecule has 0 spiro atoms. The lowest BCUT2D eigenvalue weighted by atomic mass is 10.1. The van der Waals surface area contributed by atoms with E-state index >= 15 is 0 Å². The van der Waals surface area contributed by atoms with Crippen LogP contribution in [0.4, 0.5) is 0 Å². The Morgan fingerprint density at radius 2 is 2.29 bits per heavy atom. The molecule has 0 bridgehead atoms. The Morgan fingerprint density at radius 3 is 2.94 bits per heavy atom. The molecule has 1 aromatic carbocycles. The van der Waals surface area contributed by atoms with Gasteiger partial charge in [0.05, 0.1) is 24.0 Å². The SMILES string of the molecule is COc1ccc(-c2[nH]ncc2CCN)cc1Cl. The molecule has 0 aliphatic rings. The van der Waals surface area contributed by atoms with E-state index in [2.05, 4.69) is 10.2 Å². The number of nitrogens with zero attached hydrogens (tertiary/aromatic N) is 1. The lowest BCUT2D eigenvalue weighted by molar-refractivity contribution is 0.415. The summed E-state index contributed by atoms with van der Waals surface area (Å²) >= 11 is 6.09. The first-order valence-corrected chi connectivity index (χ1v) is 5.70. The summed E-state index contributed by atoms with van der Waals surface area (Å²) in [6.07, 6.45) is 2.58. The maximum Gasteiger partial charge on any atom is 0.137 e. The van der Waals surface area contributed by atoms with Crippen molar-refractivity contribution in [2.24, 2.45) is 5.73 Å². The van der Waals surface area contributed by atoms with Gasteiger partial charge in [0, 0.05) is 5.56 Å². The second-order valence-corrected chi connectivity index (χ2v) is 4.07. The average molecular weight is 252 g/mol. The number of nitrogens with one attached hydrogen (secondary N) is 1. The van der Waals surface area contributed by atoms with Gasteiger partial charge in [-0.1, -0.05) is 11.6 Å². The minimum atomic E-state index is 0.582. The summed E-state index contributed by atoms with van der Waals surface area (Å²) in [5.74, 6) is 0.662. The number of halogens is 1. The summed E-state index contributed by atoms with van der Waals surface area (Å²) in [5, 5.41) is 7.58. The summed E-state index contributed by atoms with van der Waals surface area (Å²) in [6.45, 7) is 0.594. The number of methoxy groups -OCH3 is 1. The molecule has 0 saturated heterocycles. The van der Waals surface area contributed by atoms with Crippen LogP contribution in [0.5, 0.6) is 5.75 Å². The summed E-state index contributed by atoms with van der Waals surface area (Å²) < 4.78 is 5.12. The first kappa shape index (κ1) is 12.0. The molecule has 0 fully saturated rings. The third-order valence-corrected chi connectivity index (χ3v) is 2.87. The number of nitrogens with two attached hydrogens (primary N) is 1. The lowest BCUT2D eigenvalue weighted by Crippen LogP contribution is -2.02. The van der Waals surface area contributed by atoms with E-state index in [4.69, 9.17) is 22.1 Å². The smallest absolute Gasteiger partial charge is 0.137 e. The number of aromatic nitrogens is 2. The molecule has 0 unspecified atom stereocenters. The highest BCUT2D eigenvalue weighted by atomic mass is 35.5. The van der Waals surface area contributed by atoms with E-state index < -0.39 is 0 Å². The standard InChI is InChI=1S/C12H14ClN3O/c1-17-11-3-2-8(6-10(11)13)12-9(4-5-14)7-15-16-12/h2-3,6-7H,4-5,14H2,1H3,(H,15,16). The number of H-pyrrole nitrogens is 1. The normalized spacial score (nSPS) is 10.5. The largest absolute Gasteiger partial charge is 0.495 e. The summed E-state index contributed by atoms with van der Waals surface area (Å²) in [5.41, 5.74) is 8.59. The van der Waals surface area contributed by atoms with Gasteiger partial charge in [-0.25, -0.2) is 0 Å². The van der Waals surface area contributed by atoms with E-state index in [-0.39, 0.29) is 0 Å². The van der Waals surface area contributed by atoms with Crippen molar-refractivity contribution in [2.45, 2.75) is 6.42 Å². The molecule has 0 radical (unpaired) electrons. The van der Waals surface area contributed by atoms with Crippen molar-refractivity contribution < 1.29 is 4.74 Å². The van der Waals surface area contributed by atoms with Crippen LogP contribution in [0.3, 0.4) is 0 Å². The van der Waals surface area contributed by atoms with Crippen LogP contribution in [0.1, 0.15) is 5.56 Å². The van der Waals surface area contributed by atoms with Crippen molar-refractivity contribution in [2.75, 3.05) is 13.7 Å². The van der Waals surface area contributed by atoms with Crippen LogP contribution >= 0.6 is 11.6 Å². The van der Waals surface area contributed by atoms with E-state index in [9.17, 15) is 0 Å². The van der Waals surface area contributed by atoms with Gasteiger partial charge in [-0.15, -0.1) is 0 Å². The molecule has 2 rings (SSSR count). The molecule has 0 saturated carbocycles. The Kier molecular flexibility index (Phi) is 3.66. The van der Waals surface area contributed by atoms with Gasteiger partial charge in [-0.3, -0.25) is 5.10 Å². The van der Waals surface area contributed by atoms with Crippen molar-refractivity contribution >= 4 is 11.6 Å². The van der Waals surface area contributed by atoms with Crippen molar-refractivity contribution in [1.82, 2.24) is 10.2 Å². The van der Waals surface area contributed by atoms with Crippen molar-refractivity contribution in [3.8, 4) is 17.0 Å². The Bertz CT molecular complexity index is 510. The zero-order valence-corrected chi connectivity index (χ0v) is 10.3. The van der Waals surface area contributed by atoms with Crippen molar-refractivity contribution in [3.05, 3.63) is 35.0 Å². The maximum absolute atomic E-state index is 6.09. The Labute approximate surface area is 105 Å². The summed E-state index contributed by atoms with van der Waals surface area (Å²) in [4.78, 5) is 0. The van der Waals surface area contributed by atoms with Gasteiger partial charge in [0.25, 0.3) is 0 Å². The Balaban J connectivity index is 2.39. The van der Waals surface area contributed by atoms with Gasteiger partial charge in [0.1, 0.15) is 5.75 Å². The molecule has 2 aromatic rings. The predicted octanol–water partition coefficient (Wildman–Crippen LogP) is 2.24. The van der Waals surface area contributed by atoms with E-state index in [1.165, 1.54) is 0 Å². The quantitative estimate of drug-likeness (QED) is 0.876. The Morgan fingerprint density at radius 1 is 1.47 bits per heavy atom. The van der Waals surface area contributed by atoms with E-state index in [0.717, 1.165) is 23.2 Å². The number of hydrogen-bond acceptors (Lipinski definition) is 3. The fourth-order valence-electron chi connectivity index (χ4n) is 1.73. The molecule has 1 aromatic heterocycles. The Hall–Kier alpha value is -1.52. The van der Waals surface area contributed by atoms with Crippen LogP contribution in [-0.4, -0.2) is 23.9 Å². The first-order chi connectivity index (χ1) is 8.26. The van der Waals surface area contributed by atoms with Crippen molar-refractivity contribution in [1.29, 1.82) is 0 Å². The monoisotopic (exact) mass is 251 g/mol.